The maximum absolute atomic E-state index is 12.5. The number of amides is 1. The van der Waals surface area contributed by atoms with Gasteiger partial charge in [0.05, 0.1) is 11.8 Å². The van der Waals surface area contributed by atoms with E-state index in [-0.39, 0.29) is 11.9 Å². The zero-order chi connectivity index (χ0) is 20.2. The van der Waals surface area contributed by atoms with E-state index < -0.39 is 0 Å². The number of nitrogens with zero attached hydrogens (tertiary/aromatic N) is 3. The molecule has 3 aromatic carbocycles. The van der Waals surface area contributed by atoms with Crippen molar-refractivity contribution < 1.29 is 4.79 Å². The molecule has 0 aliphatic carbocycles. The van der Waals surface area contributed by atoms with Crippen molar-refractivity contribution in [2.24, 2.45) is 7.05 Å². The van der Waals surface area contributed by atoms with Crippen LogP contribution in [0.3, 0.4) is 0 Å². The van der Waals surface area contributed by atoms with Crippen molar-refractivity contribution in [3.63, 3.8) is 0 Å². The molecule has 1 heterocycles. The fourth-order valence-corrected chi connectivity index (χ4v) is 3.98. The molecule has 0 saturated heterocycles. The zero-order valence-electron chi connectivity index (χ0n) is 16.4. The first kappa shape index (κ1) is 19.2. The second-order valence-corrected chi connectivity index (χ2v) is 7.86. The van der Waals surface area contributed by atoms with E-state index in [0.717, 1.165) is 22.1 Å². The predicted octanol–water partition coefficient (Wildman–Crippen LogP) is 4.60. The number of thioether (sulfide) groups is 1. The van der Waals surface area contributed by atoms with E-state index >= 15 is 0 Å². The molecule has 0 bridgehead atoms. The van der Waals surface area contributed by atoms with Gasteiger partial charge in [0.2, 0.25) is 5.91 Å². The molecular formula is C23H22N4OS. The molecule has 0 saturated carbocycles. The van der Waals surface area contributed by atoms with Gasteiger partial charge in [0.15, 0.2) is 11.0 Å². The van der Waals surface area contributed by atoms with Gasteiger partial charge in [-0.15, -0.1) is 10.2 Å². The smallest absolute Gasteiger partial charge is 0.230 e. The molecule has 0 radical (unpaired) electrons. The Morgan fingerprint density at radius 1 is 1.00 bits per heavy atom. The monoisotopic (exact) mass is 402 g/mol. The molecule has 0 fully saturated rings. The molecule has 6 heteroatoms. The maximum Gasteiger partial charge on any atom is 0.230 e. The summed E-state index contributed by atoms with van der Waals surface area (Å²) >= 11 is 1.39. The molecular weight excluding hydrogens is 380 g/mol. The summed E-state index contributed by atoms with van der Waals surface area (Å²) in [5, 5.41) is 14.7. The van der Waals surface area contributed by atoms with Crippen LogP contribution in [0.1, 0.15) is 18.5 Å². The molecule has 29 heavy (non-hydrogen) atoms. The standard InChI is InChI=1S/C23H22N4OS/c1-16(19-13-12-17-8-6-7-11-20(17)14-19)24-21(28)15-29-23-26-25-22(27(23)2)18-9-4-3-5-10-18/h3-14,16H,15H2,1-2H3,(H,24,28). The number of fused-ring (bicyclic) bond motifs is 1. The van der Waals surface area contributed by atoms with Crippen LogP contribution >= 0.6 is 11.8 Å². The largest absolute Gasteiger partial charge is 0.349 e. The van der Waals surface area contributed by atoms with Crippen LogP contribution in [-0.2, 0) is 11.8 Å². The first-order valence-corrected chi connectivity index (χ1v) is 10.5. The van der Waals surface area contributed by atoms with Crippen LogP contribution in [0, 0.1) is 0 Å². The van der Waals surface area contributed by atoms with Gasteiger partial charge in [-0.3, -0.25) is 4.79 Å². The minimum Gasteiger partial charge on any atom is -0.349 e. The Labute approximate surface area is 174 Å². The number of carbonyl (C=O) groups is 1. The van der Waals surface area contributed by atoms with Crippen molar-refractivity contribution in [2.75, 3.05) is 5.75 Å². The van der Waals surface area contributed by atoms with E-state index in [9.17, 15) is 4.79 Å². The van der Waals surface area contributed by atoms with Crippen LogP contribution in [0.25, 0.3) is 22.2 Å². The Bertz CT molecular complexity index is 1140. The Balaban J connectivity index is 1.38. The van der Waals surface area contributed by atoms with Gasteiger partial charge in [-0.05, 0) is 29.3 Å². The molecule has 5 nitrogen and oxygen atoms in total. The molecule has 0 aliphatic heterocycles. The molecule has 1 unspecified atom stereocenters. The highest BCUT2D eigenvalue weighted by molar-refractivity contribution is 7.99. The average Bonchev–Trinajstić information content (AvgIpc) is 3.12. The van der Waals surface area contributed by atoms with E-state index in [1.165, 1.54) is 22.5 Å². The summed E-state index contributed by atoms with van der Waals surface area (Å²) in [4.78, 5) is 12.5. The summed E-state index contributed by atoms with van der Waals surface area (Å²) < 4.78 is 1.92. The molecule has 1 atom stereocenters. The van der Waals surface area contributed by atoms with Crippen LogP contribution < -0.4 is 5.32 Å². The number of aromatic nitrogens is 3. The molecule has 146 valence electrons. The van der Waals surface area contributed by atoms with Crippen LogP contribution in [-0.4, -0.2) is 26.4 Å². The van der Waals surface area contributed by atoms with E-state index in [4.69, 9.17) is 0 Å². The average molecular weight is 403 g/mol. The minimum atomic E-state index is -0.0629. The summed E-state index contributed by atoms with van der Waals surface area (Å²) in [5.41, 5.74) is 2.09. The third-order valence-corrected chi connectivity index (χ3v) is 5.87. The van der Waals surface area contributed by atoms with Crippen molar-refractivity contribution in [1.29, 1.82) is 0 Å². The first-order valence-electron chi connectivity index (χ1n) is 9.47. The van der Waals surface area contributed by atoms with E-state index in [1.807, 2.05) is 61.0 Å². The predicted molar refractivity (Wildman–Crippen MR) is 118 cm³/mol. The lowest BCUT2D eigenvalue weighted by molar-refractivity contribution is -0.119. The molecule has 1 N–H and O–H groups in total. The van der Waals surface area contributed by atoms with Crippen LogP contribution in [0.4, 0.5) is 0 Å². The van der Waals surface area contributed by atoms with Gasteiger partial charge in [0.1, 0.15) is 0 Å². The van der Waals surface area contributed by atoms with E-state index in [0.29, 0.717) is 5.75 Å². The topological polar surface area (TPSA) is 59.8 Å². The Morgan fingerprint density at radius 3 is 2.52 bits per heavy atom. The maximum atomic E-state index is 12.5. The van der Waals surface area contributed by atoms with Crippen molar-refractivity contribution >= 4 is 28.4 Å². The highest BCUT2D eigenvalue weighted by atomic mass is 32.2. The van der Waals surface area contributed by atoms with Gasteiger partial charge in [0.25, 0.3) is 0 Å². The number of carbonyl (C=O) groups excluding carboxylic acids is 1. The lowest BCUT2D eigenvalue weighted by atomic mass is 10.0. The number of nitrogens with one attached hydrogen (secondary N) is 1. The lowest BCUT2D eigenvalue weighted by Crippen LogP contribution is -2.28. The SMILES string of the molecule is CC(NC(=O)CSc1nnc(-c2ccccc2)n1C)c1ccc2ccccc2c1. The van der Waals surface area contributed by atoms with Crippen LogP contribution in [0.15, 0.2) is 78.0 Å². The van der Waals surface area contributed by atoms with E-state index in [1.54, 1.807) is 0 Å². The van der Waals surface area contributed by atoms with Gasteiger partial charge < -0.3 is 9.88 Å². The van der Waals surface area contributed by atoms with Crippen LogP contribution in [0.2, 0.25) is 0 Å². The van der Waals surface area contributed by atoms with Gasteiger partial charge >= 0.3 is 0 Å². The molecule has 4 aromatic rings. The van der Waals surface area contributed by atoms with Crippen molar-refractivity contribution in [3.8, 4) is 11.4 Å². The Morgan fingerprint density at radius 2 is 1.72 bits per heavy atom. The van der Waals surface area contributed by atoms with Crippen molar-refractivity contribution in [2.45, 2.75) is 18.1 Å². The normalized spacial score (nSPS) is 12.1. The van der Waals surface area contributed by atoms with Gasteiger partial charge in [-0.2, -0.15) is 0 Å². The lowest BCUT2D eigenvalue weighted by Gasteiger charge is -2.15. The number of hydrogen-bond acceptors (Lipinski definition) is 4. The highest BCUT2D eigenvalue weighted by Gasteiger charge is 2.14. The van der Waals surface area contributed by atoms with Crippen molar-refractivity contribution in [1.82, 2.24) is 20.1 Å². The third-order valence-electron chi connectivity index (χ3n) is 4.85. The number of hydrogen-bond donors (Lipinski definition) is 1. The molecule has 4 rings (SSSR count). The van der Waals surface area contributed by atoms with Crippen molar-refractivity contribution in [3.05, 3.63) is 78.4 Å². The second-order valence-electron chi connectivity index (χ2n) is 6.92. The summed E-state index contributed by atoms with van der Waals surface area (Å²) in [7, 11) is 1.92. The van der Waals surface area contributed by atoms with Gasteiger partial charge in [0, 0.05) is 12.6 Å². The quantitative estimate of drug-likeness (QED) is 0.479. The van der Waals surface area contributed by atoms with E-state index in [2.05, 4.69) is 45.8 Å². The van der Waals surface area contributed by atoms with Crippen LogP contribution in [0.5, 0.6) is 0 Å². The summed E-state index contributed by atoms with van der Waals surface area (Å²) in [6, 6.07) is 24.3. The van der Waals surface area contributed by atoms with Gasteiger partial charge in [-0.25, -0.2) is 0 Å². The molecule has 0 aliphatic rings. The zero-order valence-corrected chi connectivity index (χ0v) is 17.2. The second kappa shape index (κ2) is 8.49. The summed E-state index contributed by atoms with van der Waals surface area (Å²) in [6.07, 6.45) is 0. The third kappa shape index (κ3) is 4.32. The highest BCUT2D eigenvalue weighted by Crippen LogP contribution is 2.23. The molecule has 0 spiro atoms. The fourth-order valence-electron chi connectivity index (χ4n) is 3.25. The van der Waals surface area contributed by atoms with Gasteiger partial charge in [-0.1, -0.05) is 78.5 Å². The number of rotatable bonds is 6. The first-order chi connectivity index (χ1) is 14.1. The Hall–Kier alpha value is -3.12. The number of benzene rings is 3. The molecule has 1 aromatic heterocycles. The summed E-state index contributed by atoms with van der Waals surface area (Å²) in [5.74, 6) is 1.05. The minimum absolute atomic E-state index is 0.0279. The fraction of sp³-hybridized carbons (Fsp3) is 0.174. The Kier molecular flexibility index (Phi) is 5.62. The molecule has 1 amide bonds. The summed E-state index contributed by atoms with van der Waals surface area (Å²) in [6.45, 7) is 2.00.